The van der Waals surface area contributed by atoms with Crippen LogP contribution in [0.3, 0.4) is 0 Å². The van der Waals surface area contributed by atoms with Crippen molar-refractivity contribution in [2.45, 2.75) is 25.4 Å². The molecule has 2 aromatic carbocycles. The first kappa shape index (κ1) is 23.4. The Labute approximate surface area is 198 Å². The van der Waals surface area contributed by atoms with Crippen molar-refractivity contribution in [3.63, 3.8) is 0 Å². The molecule has 174 valence electrons. The number of nitrogens with zero attached hydrogens (tertiary/aromatic N) is 2. The number of anilines is 1. The fourth-order valence-corrected chi connectivity index (χ4v) is 5.34. The van der Waals surface area contributed by atoms with Gasteiger partial charge in [0.05, 0.1) is 24.4 Å². The minimum atomic E-state index is -4.42. The van der Waals surface area contributed by atoms with Gasteiger partial charge in [-0.3, -0.25) is 9.69 Å². The summed E-state index contributed by atoms with van der Waals surface area (Å²) in [5.74, 6) is 0.934. The van der Waals surface area contributed by atoms with Crippen LogP contribution in [0.5, 0.6) is 0 Å². The van der Waals surface area contributed by atoms with E-state index in [-0.39, 0.29) is 24.4 Å². The minimum Gasteiger partial charge on any atom is -0.463 e. The van der Waals surface area contributed by atoms with Gasteiger partial charge in [-0.15, -0.1) is 10.8 Å². The molecule has 2 aliphatic rings. The van der Waals surface area contributed by atoms with Crippen molar-refractivity contribution in [3.8, 4) is 12.3 Å². The molecule has 0 radical (unpaired) electrons. The second kappa shape index (κ2) is 8.56. The number of hydrogen-bond acceptors (Lipinski definition) is 6. The number of terminal acetylenes is 1. The van der Waals surface area contributed by atoms with Crippen molar-refractivity contribution in [1.82, 2.24) is 0 Å². The van der Waals surface area contributed by atoms with Gasteiger partial charge in [0.2, 0.25) is 5.91 Å². The van der Waals surface area contributed by atoms with Gasteiger partial charge in [-0.05, 0) is 31.0 Å². The predicted octanol–water partition coefficient (Wildman–Crippen LogP) is 2.46. The number of ether oxygens (including phenoxy) is 1. The van der Waals surface area contributed by atoms with Crippen LogP contribution in [-0.4, -0.2) is 45.3 Å². The Morgan fingerprint density at radius 3 is 2.59 bits per heavy atom. The molecule has 0 aromatic heterocycles. The average Bonchev–Trinajstić information content (AvgIpc) is 3.26. The van der Waals surface area contributed by atoms with Crippen LogP contribution in [0.4, 0.5) is 5.69 Å². The summed E-state index contributed by atoms with van der Waals surface area (Å²) in [7, 11) is -4.42. The van der Waals surface area contributed by atoms with Crippen molar-refractivity contribution in [1.29, 1.82) is 0 Å². The van der Waals surface area contributed by atoms with Crippen molar-refractivity contribution in [3.05, 3.63) is 77.4 Å². The molecule has 9 heteroatoms. The van der Waals surface area contributed by atoms with Gasteiger partial charge in [0.1, 0.15) is 11.5 Å². The lowest BCUT2D eigenvalue weighted by atomic mass is 9.68. The highest BCUT2D eigenvalue weighted by Gasteiger charge is 2.64. The minimum absolute atomic E-state index is 0.0174. The van der Waals surface area contributed by atoms with E-state index in [2.05, 4.69) is 16.9 Å². The number of hydrogen-bond donors (Lipinski definition) is 0. The number of esters is 1. The molecule has 0 bridgehead atoms. The van der Waals surface area contributed by atoms with Crippen molar-refractivity contribution >= 4 is 33.6 Å². The van der Waals surface area contributed by atoms with Crippen molar-refractivity contribution < 1.29 is 26.9 Å². The summed E-state index contributed by atoms with van der Waals surface area (Å²) in [5.41, 5.74) is -0.136. The van der Waals surface area contributed by atoms with Gasteiger partial charge in [-0.1, -0.05) is 60.5 Å². The quantitative estimate of drug-likeness (QED) is 0.359. The Kier molecular flexibility index (Phi) is 5.89. The first-order chi connectivity index (χ1) is 16.2. The van der Waals surface area contributed by atoms with Gasteiger partial charge >= 0.3 is 16.3 Å². The molecule has 8 nitrogen and oxygen atoms in total. The molecule has 1 amide bonds. The molecule has 0 saturated heterocycles. The molecular weight excluding hydrogens is 456 g/mol. The molecule has 0 unspecified atom stereocenters. The van der Waals surface area contributed by atoms with Crippen LogP contribution < -0.4 is 4.90 Å². The third kappa shape index (κ3) is 3.52. The Morgan fingerprint density at radius 1 is 1.26 bits per heavy atom. The van der Waals surface area contributed by atoms with Crippen LogP contribution >= 0.6 is 0 Å². The van der Waals surface area contributed by atoms with E-state index in [9.17, 15) is 18.0 Å². The number of aryl methyl sites for hydroxylation is 1. The van der Waals surface area contributed by atoms with Crippen molar-refractivity contribution in [2.75, 3.05) is 18.1 Å². The number of carbonyl (C=O) groups excluding carboxylic acids is 2. The van der Waals surface area contributed by atoms with Crippen LogP contribution in [0.25, 0.3) is 0 Å². The molecule has 2 aliphatic heterocycles. The van der Waals surface area contributed by atoms with E-state index in [1.807, 2.05) is 6.92 Å². The lowest BCUT2D eigenvalue weighted by molar-refractivity contribution is -0.141. The molecule has 34 heavy (non-hydrogen) atoms. The van der Waals surface area contributed by atoms with E-state index in [1.54, 1.807) is 55.5 Å². The lowest BCUT2D eigenvalue weighted by Gasteiger charge is -2.34. The topological polar surface area (TPSA) is 102 Å². The Bertz CT molecular complexity index is 1370. The summed E-state index contributed by atoms with van der Waals surface area (Å²) >= 11 is 0. The summed E-state index contributed by atoms with van der Waals surface area (Å²) < 4.78 is 39.7. The maximum atomic E-state index is 14.1. The van der Waals surface area contributed by atoms with Gasteiger partial charge in [-0.2, -0.15) is 8.42 Å². The number of carbonyl (C=O) groups is 2. The predicted molar refractivity (Wildman–Crippen MR) is 127 cm³/mol. The van der Waals surface area contributed by atoms with Crippen molar-refractivity contribution in [2.24, 2.45) is 4.40 Å². The lowest BCUT2D eigenvalue weighted by Crippen LogP contribution is -2.54. The first-order valence-corrected chi connectivity index (χ1v) is 11.9. The summed E-state index contributed by atoms with van der Waals surface area (Å²) in [5, 5.41) is 0. The SMILES string of the molecule is C#CCN1C(=O)[C@](C(=C)C(=O)OCC)([C@H]2OS(=O)(=O)N=C2c2ccc(C)cc2)c2ccccc21. The third-order valence-corrected chi connectivity index (χ3v) is 6.72. The number of fused-ring (bicyclic) bond motifs is 1. The standard InChI is InChI=1S/C25H22N2O6S/c1-5-15-27-20-10-8-7-9-19(20)25(24(27)29,17(4)23(28)32-6-2)22-21(26-34(30,31)33-22)18-13-11-16(3)12-14-18/h1,7-14,22H,4,6,15H2,2-3H3/t22-,25-/m0/s1. The van der Waals surface area contributed by atoms with E-state index in [1.165, 1.54) is 4.90 Å². The number of amides is 1. The summed E-state index contributed by atoms with van der Waals surface area (Å²) in [6.45, 7) is 7.32. The molecule has 2 atom stereocenters. The molecule has 2 aromatic rings. The normalized spacial score (nSPS) is 22.6. The van der Waals surface area contributed by atoms with Gasteiger partial charge in [0.25, 0.3) is 0 Å². The van der Waals surface area contributed by atoms with E-state index in [0.717, 1.165) is 5.56 Å². The molecule has 0 aliphatic carbocycles. The fraction of sp³-hybridized carbons (Fsp3) is 0.240. The van der Waals surface area contributed by atoms with Gasteiger partial charge in [-0.25, -0.2) is 8.98 Å². The van der Waals surface area contributed by atoms with Crippen LogP contribution in [0.2, 0.25) is 0 Å². The molecule has 0 fully saturated rings. The van der Waals surface area contributed by atoms with E-state index in [0.29, 0.717) is 16.8 Å². The fourth-order valence-electron chi connectivity index (χ4n) is 4.37. The largest absolute Gasteiger partial charge is 0.463 e. The number of benzene rings is 2. The second-order valence-corrected chi connectivity index (χ2v) is 9.10. The smallest absolute Gasteiger partial charge is 0.381 e. The second-order valence-electron chi connectivity index (χ2n) is 7.87. The highest BCUT2D eigenvalue weighted by Crippen LogP contribution is 2.51. The molecule has 0 spiro atoms. The number of rotatable bonds is 6. The summed E-state index contributed by atoms with van der Waals surface area (Å²) in [6, 6.07) is 13.6. The zero-order valence-electron chi connectivity index (χ0n) is 18.6. The Balaban J connectivity index is 2.02. The van der Waals surface area contributed by atoms with E-state index in [4.69, 9.17) is 15.3 Å². The molecular formula is C25H22N2O6S. The van der Waals surface area contributed by atoms with Gasteiger partial charge in [0, 0.05) is 5.69 Å². The number of para-hydroxylation sites is 1. The maximum Gasteiger partial charge on any atom is 0.381 e. The Hall–Kier alpha value is -3.74. The third-order valence-electron chi connectivity index (χ3n) is 5.87. The van der Waals surface area contributed by atoms with Crippen LogP contribution in [0.15, 0.2) is 65.1 Å². The monoisotopic (exact) mass is 478 g/mol. The maximum absolute atomic E-state index is 14.1. The molecule has 2 heterocycles. The van der Waals surface area contributed by atoms with Gasteiger partial charge < -0.3 is 4.74 Å². The molecule has 0 saturated carbocycles. The zero-order chi connectivity index (χ0) is 24.7. The first-order valence-electron chi connectivity index (χ1n) is 10.5. The summed E-state index contributed by atoms with van der Waals surface area (Å²) in [6.07, 6.45) is 4.01. The molecule has 0 N–H and O–H groups in total. The van der Waals surface area contributed by atoms with E-state index < -0.39 is 33.7 Å². The van der Waals surface area contributed by atoms with Crippen LogP contribution in [0, 0.1) is 19.3 Å². The van der Waals surface area contributed by atoms with E-state index >= 15 is 0 Å². The van der Waals surface area contributed by atoms with Crippen LogP contribution in [0.1, 0.15) is 23.6 Å². The highest BCUT2D eigenvalue weighted by atomic mass is 32.2. The zero-order valence-corrected chi connectivity index (χ0v) is 19.5. The summed E-state index contributed by atoms with van der Waals surface area (Å²) in [4.78, 5) is 28.4. The van der Waals surface area contributed by atoms with Crippen LogP contribution in [-0.2, 0) is 34.2 Å². The highest BCUT2D eigenvalue weighted by molar-refractivity contribution is 7.85. The molecule has 4 rings (SSSR count). The average molecular weight is 479 g/mol. The van der Waals surface area contributed by atoms with Gasteiger partial charge in [0.15, 0.2) is 0 Å². The Morgan fingerprint density at radius 2 is 1.94 bits per heavy atom.